The van der Waals surface area contributed by atoms with Crippen LogP contribution >= 0.6 is 0 Å². The molecule has 1 heterocycles. The molecule has 1 aliphatic heterocycles. The van der Waals surface area contributed by atoms with E-state index < -0.39 is 11.7 Å². The minimum absolute atomic E-state index is 0.0794. The van der Waals surface area contributed by atoms with Crippen molar-refractivity contribution >= 4 is 6.29 Å². The highest BCUT2D eigenvalue weighted by molar-refractivity contribution is 5.56. The number of hydrogen-bond donors (Lipinski definition) is 1. The Morgan fingerprint density at radius 2 is 2.03 bits per heavy atom. The molecule has 1 atom stereocenters. The van der Waals surface area contributed by atoms with Crippen LogP contribution in [0.3, 0.4) is 0 Å². The van der Waals surface area contributed by atoms with E-state index in [0.717, 1.165) is 50.9 Å². The van der Waals surface area contributed by atoms with Crippen molar-refractivity contribution in [2.24, 2.45) is 5.92 Å². The molecule has 6 heteroatoms. The maximum atomic E-state index is 13.9. The van der Waals surface area contributed by atoms with Crippen molar-refractivity contribution in [1.82, 2.24) is 10.2 Å². The van der Waals surface area contributed by atoms with E-state index in [1.54, 1.807) is 13.2 Å². The number of carbonyl (C=O) groups is 1. The van der Waals surface area contributed by atoms with E-state index in [0.29, 0.717) is 6.54 Å². The molecule has 1 aliphatic rings. The van der Waals surface area contributed by atoms with Gasteiger partial charge in [-0.1, -0.05) is 50.8 Å². The number of aldehydes is 1. The van der Waals surface area contributed by atoms with E-state index in [4.69, 9.17) is 9.47 Å². The van der Waals surface area contributed by atoms with E-state index in [-0.39, 0.29) is 11.7 Å². The predicted octanol–water partition coefficient (Wildman–Crippen LogP) is 4.46. The van der Waals surface area contributed by atoms with Gasteiger partial charge in [0.15, 0.2) is 0 Å². The standard InChI is InChI=1S/C26H37FN2O3/c1-5-6-10-23(27)18-28-20-26(32-25(19-30)21(2)3)13-16-29(17-14-26)15-12-22-9-7-8-11-24(22)31-4/h5-11,18-19,21,25,28H,1,12-17,20H2,2-4H3/b10-6-,23-18-. The summed E-state index contributed by atoms with van der Waals surface area (Å²) < 4.78 is 25.7. The van der Waals surface area contributed by atoms with Crippen molar-refractivity contribution in [3.8, 4) is 5.75 Å². The van der Waals surface area contributed by atoms with Crippen molar-refractivity contribution in [3.05, 3.63) is 66.7 Å². The van der Waals surface area contributed by atoms with Crippen LogP contribution in [0.25, 0.3) is 0 Å². The van der Waals surface area contributed by atoms with Crippen LogP contribution in [0.1, 0.15) is 32.3 Å². The molecule has 2 rings (SSSR count). The fourth-order valence-corrected chi connectivity index (χ4v) is 3.86. The molecule has 176 valence electrons. The lowest BCUT2D eigenvalue weighted by molar-refractivity contribution is -0.149. The summed E-state index contributed by atoms with van der Waals surface area (Å²) in [7, 11) is 1.70. The van der Waals surface area contributed by atoms with E-state index in [1.165, 1.54) is 23.9 Å². The first kappa shape index (κ1) is 25.8. The minimum Gasteiger partial charge on any atom is -0.496 e. The Balaban J connectivity index is 2.00. The van der Waals surface area contributed by atoms with E-state index in [2.05, 4.69) is 22.9 Å². The zero-order valence-electron chi connectivity index (χ0n) is 19.6. The first-order chi connectivity index (χ1) is 15.4. The molecule has 0 amide bonds. The van der Waals surface area contributed by atoms with Crippen LogP contribution < -0.4 is 10.1 Å². The molecule has 0 saturated carbocycles. The molecule has 32 heavy (non-hydrogen) atoms. The topological polar surface area (TPSA) is 50.8 Å². The predicted molar refractivity (Wildman–Crippen MR) is 127 cm³/mol. The van der Waals surface area contributed by atoms with Gasteiger partial charge in [0, 0.05) is 32.4 Å². The summed E-state index contributed by atoms with van der Waals surface area (Å²) in [6, 6.07) is 8.09. The second-order valence-electron chi connectivity index (χ2n) is 8.55. The van der Waals surface area contributed by atoms with Crippen molar-refractivity contribution in [1.29, 1.82) is 0 Å². The lowest BCUT2D eigenvalue weighted by Gasteiger charge is -2.43. The van der Waals surface area contributed by atoms with Crippen LogP contribution in [0, 0.1) is 5.92 Å². The Labute approximate surface area is 192 Å². The van der Waals surface area contributed by atoms with Crippen LogP contribution in [0.4, 0.5) is 4.39 Å². The molecule has 1 fully saturated rings. The molecule has 1 unspecified atom stereocenters. The Morgan fingerprint density at radius 3 is 2.66 bits per heavy atom. The molecular formula is C26H37FN2O3. The summed E-state index contributed by atoms with van der Waals surface area (Å²) in [5.74, 6) is 0.609. The number of carbonyl (C=O) groups excluding carboxylic acids is 1. The van der Waals surface area contributed by atoms with E-state index in [1.807, 2.05) is 32.0 Å². The summed E-state index contributed by atoms with van der Waals surface area (Å²) in [4.78, 5) is 14.0. The number of halogens is 1. The van der Waals surface area contributed by atoms with Gasteiger partial charge >= 0.3 is 0 Å². The number of hydrogen-bond acceptors (Lipinski definition) is 5. The molecule has 1 aromatic carbocycles. The number of para-hydroxylation sites is 1. The van der Waals surface area contributed by atoms with Gasteiger partial charge in [0.2, 0.25) is 0 Å². The molecule has 0 spiro atoms. The molecule has 0 bridgehead atoms. The van der Waals surface area contributed by atoms with Crippen molar-refractivity contribution < 1.29 is 18.7 Å². The van der Waals surface area contributed by atoms with E-state index >= 15 is 0 Å². The van der Waals surface area contributed by atoms with Crippen LogP contribution in [-0.2, 0) is 16.0 Å². The van der Waals surface area contributed by atoms with E-state index in [9.17, 15) is 9.18 Å². The average molecular weight is 445 g/mol. The Hall–Kier alpha value is -2.44. The number of benzene rings is 1. The number of nitrogens with zero attached hydrogens (tertiary/aromatic N) is 1. The SMILES string of the molecule is C=C/C=C\C(F)=C\NCC1(OC(C=O)C(C)C)CCN(CCc2ccccc2OC)CC1. The number of rotatable bonds is 13. The first-order valence-corrected chi connectivity index (χ1v) is 11.3. The second kappa shape index (κ2) is 13.2. The lowest BCUT2D eigenvalue weighted by atomic mass is 9.89. The van der Waals surface area contributed by atoms with Gasteiger partial charge in [-0.15, -0.1) is 0 Å². The van der Waals surface area contributed by atoms with Gasteiger partial charge in [-0.2, -0.15) is 0 Å². The summed E-state index contributed by atoms with van der Waals surface area (Å²) >= 11 is 0. The van der Waals surface area contributed by atoms with Crippen molar-refractivity contribution in [2.75, 3.05) is 33.3 Å². The summed E-state index contributed by atoms with van der Waals surface area (Å²) in [5, 5.41) is 3.06. The Morgan fingerprint density at radius 1 is 1.31 bits per heavy atom. The molecule has 0 radical (unpaired) electrons. The van der Waals surface area contributed by atoms with Crippen LogP contribution in [-0.4, -0.2) is 56.2 Å². The monoisotopic (exact) mass is 444 g/mol. The maximum absolute atomic E-state index is 13.9. The first-order valence-electron chi connectivity index (χ1n) is 11.3. The molecule has 1 N–H and O–H groups in total. The number of nitrogens with one attached hydrogen (secondary N) is 1. The number of likely N-dealkylation sites (tertiary alicyclic amines) is 1. The minimum atomic E-state index is -0.518. The third kappa shape index (κ3) is 7.92. The number of piperidine rings is 1. The average Bonchev–Trinajstić information content (AvgIpc) is 2.81. The van der Waals surface area contributed by atoms with Gasteiger partial charge in [-0.3, -0.25) is 0 Å². The van der Waals surface area contributed by atoms with Crippen LogP contribution in [0.5, 0.6) is 5.75 Å². The van der Waals surface area contributed by atoms with Gasteiger partial charge in [-0.05, 0) is 42.9 Å². The van der Waals surface area contributed by atoms with Crippen molar-refractivity contribution in [2.45, 2.75) is 44.8 Å². The zero-order chi connectivity index (χ0) is 23.4. The number of ether oxygens (including phenoxy) is 2. The largest absolute Gasteiger partial charge is 0.496 e. The Kier molecular flexibility index (Phi) is 10.6. The Bertz CT molecular complexity index is 783. The molecular weight excluding hydrogens is 407 g/mol. The lowest BCUT2D eigenvalue weighted by Crippen LogP contribution is -2.53. The van der Waals surface area contributed by atoms with Crippen LogP contribution in [0.2, 0.25) is 0 Å². The van der Waals surface area contributed by atoms with Gasteiger partial charge in [0.25, 0.3) is 0 Å². The third-order valence-electron chi connectivity index (χ3n) is 5.89. The highest BCUT2D eigenvalue weighted by atomic mass is 19.1. The molecule has 0 aliphatic carbocycles. The molecule has 1 saturated heterocycles. The third-order valence-corrected chi connectivity index (χ3v) is 5.89. The van der Waals surface area contributed by atoms with Gasteiger partial charge in [0.1, 0.15) is 24.0 Å². The molecule has 5 nitrogen and oxygen atoms in total. The fraction of sp³-hybridized carbons (Fsp3) is 0.500. The maximum Gasteiger partial charge on any atom is 0.149 e. The summed E-state index contributed by atoms with van der Waals surface area (Å²) in [5.41, 5.74) is 0.675. The normalized spacial score (nSPS) is 18.0. The van der Waals surface area contributed by atoms with Crippen molar-refractivity contribution in [3.63, 3.8) is 0 Å². The van der Waals surface area contributed by atoms with Gasteiger partial charge in [0.05, 0.1) is 12.7 Å². The fourth-order valence-electron chi connectivity index (χ4n) is 3.86. The van der Waals surface area contributed by atoms with Crippen LogP contribution in [0.15, 0.2) is 61.1 Å². The smallest absolute Gasteiger partial charge is 0.149 e. The van der Waals surface area contributed by atoms with Gasteiger partial charge in [-0.25, -0.2) is 4.39 Å². The number of methoxy groups -OCH3 is 1. The zero-order valence-corrected chi connectivity index (χ0v) is 19.6. The highest BCUT2D eigenvalue weighted by Gasteiger charge is 2.38. The quantitative estimate of drug-likeness (QED) is 0.360. The number of allylic oxidation sites excluding steroid dienone is 4. The molecule has 0 aromatic heterocycles. The van der Waals surface area contributed by atoms with Gasteiger partial charge < -0.3 is 24.5 Å². The highest BCUT2D eigenvalue weighted by Crippen LogP contribution is 2.29. The second-order valence-corrected chi connectivity index (χ2v) is 8.55. The summed E-state index contributed by atoms with van der Waals surface area (Å²) in [6.07, 6.45) is 8.58. The summed E-state index contributed by atoms with van der Waals surface area (Å²) in [6.45, 7) is 10.6. The molecule has 1 aromatic rings.